The average molecular weight is 472 g/mol. The summed E-state index contributed by atoms with van der Waals surface area (Å²) in [5.41, 5.74) is 2.92. The zero-order valence-electron chi connectivity index (χ0n) is 20.9. The highest BCUT2D eigenvalue weighted by Gasteiger charge is 2.00. The lowest BCUT2D eigenvalue weighted by Crippen LogP contribution is -1.97. The van der Waals surface area contributed by atoms with Gasteiger partial charge in [-0.2, -0.15) is 5.26 Å². The summed E-state index contributed by atoms with van der Waals surface area (Å²) in [5.74, 6) is 2.68. The highest BCUT2D eigenvalue weighted by Crippen LogP contribution is 2.23. The van der Waals surface area contributed by atoms with Gasteiger partial charge in [0.05, 0.1) is 32.0 Å². The maximum absolute atomic E-state index is 8.91. The summed E-state index contributed by atoms with van der Waals surface area (Å²) in [6.07, 6.45) is 11.2. The van der Waals surface area contributed by atoms with Crippen molar-refractivity contribution in [2.45, 2.75) is 57.8 Å². The molecule has 0 aliphatic rings. The van der Waals surface area contributed by atoms with Crippen LogP contribution < -0.4 is 14.2 Å². The number of nitriles is 1. The van der Waals surface area contributed by atoms with Crippen LogP contribution in [0.3, 0.4) is 0 Å². The van der Waals surface area contributed by atoms with Crippen LogP contribution in [0.25, 0.3) is 11.1 Å². The number of unbranched alkanes of at least 4 members (excludes halogenated alkanes) is 8. The molecule has 0 unspecified atom stereocenters. The molecule has 4 heteroatoms. The van der Waals surface area contributed by atoms with E-state index < -0.39 is 0 Å². The van der Waals surface area contributed by atoms with Crippen LogP contribution in [0.2, 0.25) is 0 Å². The van der Waals surface area contributed by atoms with E-state index in [1.54, 1.807) is 7.11 Å². The van der Waals surface area contributed by atoms with Crippen LogP contribution >= 0.6 is 0 Å². The van der Waals surface area contributed by atoms with Crippen molar-refractivity contribution in [3.8, 4) is 34.4 Å². The van der Waals surface area contributed by atoms with Crippen molar-refractivity contribution < 1.29 is 14.2 Å². The van der Waals surface area contributed by atoms with Gasteiger partial charge in [0.2, 0.25) is 0 Å². The largest absolute Gasteiger partial charge is 0.497 e. The summed E-state index contributed by atoms with van der Waals surface area (Å²) >= 11 is 0. The smallest absolute Gasteiger partial charge is 0.119 e. The fourth-order valence-corrected chi connectivity index (χ4v) is 3.97. The van der Waals surface area contributed by atoms with Crippen LogP contribution in [0.4, 0.5) is 0 Å². The van der Waals surface area contributed by atoms with Crippen molar-refractivity contribution in [3.05, 3.63) is 78.4 Å². The Morgan fingerprint density at radius 2 is 0.886 bits per heavy atom. The molecule has 0 fully saturated rings. The molecule has 0 N–H and O–H groups in total. The van der Waals surface area contributed by atoms with Gasteiger partial charge in [-0.15, -0.1) is 0 Å². The fraction of sp³-hybridized carbons (Fsp3) is 0.387. The van der Waals surface area contributed by atoms with Gasteiger partial charge in [-0.25, -0.2) is 0 Å². The number of ether oxygens (including phenoxy) is 3. The van der Waals surface area contributed by atoms with Crippen LogP contribution in [0.1, 0.15) is 63.4 Å². The fourth-order valence-electron chi connectivity index (χ4n) is 3.97. The molecule has 35 heavy (non-hydrogen) atoms. The van der Waals surface area contributed by atoms with Crippen molar-refractivity contribution in [2.24, 2.45) is 0 Å². The van der Waals surface area contributed by atoms with Crippen LogP contribution in [-0.4, -0.2) is 20.3 Å². The van der Waals surface area contributed by atoms with Gasteiger partial charge in [0.25, 0.3) is 0 Å². The third-order valence-electron chi connectivity index (χ3n) is 6.09. The number of methoxy groups -OCH3 is 1. The summed E-state index contributed by atoms with van der Waals surface area (Å²) in [6.45, 7) is 1.55. The first-order valence-corrected chi connectivity index (χ1v) is 12.8. The first-order chi connectivity index (χ1) is 17.3. The maximum Gasteiger partial charge on any atom is 0.119 e. The van der Waals surface area contributed by atoms with E-state index in [0.717, 1.165) is 54.4 Å². The average Bonchev–Trinajstić information content (AvgIpc) is 2.92. The van der Waals surface area contributed by atoms with Crippen molar-refractivity contribution >= 4 is 0 Å². The molecule has 0 amide bonds. The Morgan fingerprint density at radius 1 is 0.514 bits per heavy atom. The van der Waals surface area contributed by atoms with Gasteiger partial charge in [0.15, 0.2) is 0 Å². The van der Waals surface area contributed by atoms with Gasteiger partial charge < -0.3 is 14.2 Å². The van der Waals surface area contributed by atoms with Crippen molar-refractivity contribution in [1.29, 1.82) is 5.26 Å². The van der Waals surface area contributed by atoms with Crippen molar-refractivity contribution in [3.63, 3.8) is 0 Å². The molecule has 0 spiro atoms. The standard InChI is InChI=1S/C31H37NO3/c1-33-29-19-21-31(22-20-29)35-24-10-8-6-4-2-3-5-7-9-23-34-30-17-15-28(16-18-30)27-13-11-26(25-32)12-14-27/h11-22H,2-10,23-24H2,1H3. The normalized spacial score (nSPS) is 10.5. The molecule has 0 saturated heterocycles. The van der Waals surface area contributed by atoms with E-state index in [4.69, 9.17) is 19.5 Å². The molecule has 0 aliphatic carbocycles. The van der Waals surface area contributed by atoms with Gasteiger partial charge in [-0.1, -0.05) is 69.2 Å². The SMILES string of the molecule is COc1ccc(OCCCCCCCCCCCOc2ccc(-c3ccc(C#N)cc3)cc2)cc1. The first-order valence-electron chi connectivity index (χ1n) is 12.8. The Bertz CT molecular complexity index is 1010. The molecule has 3 aromatic rings. The van der Waals surface area contributed by atoms with Gasteiger partial charge in [-0.3, -0.25) is 0 Å². The number of hydrogen-bond acceptors (Lipinski definition) is 4. The van der Waals surface area contributed by atoms with E-state index >= 15 is 0 Å². The maximum atomic E-state index is 8.91. The quantitative estimate of drug-likeness (QED) is 0.198. The summed E-state index contributed by atoms with van der Waals surface area (Å²) < 4.78 is 16.8. The summed E-state index contributed by atoms with van der Waals surface area (Å²) in [6, 6.07) is 25.8. The van der Waals surface area contributed by atoms with Crippen molar-refractivity contribution in [2.75, 3.05) is 20.3 Å². The predicted molar refractivity (Wildman–Crippen MR) is 142 cm³/mol. The molecule has 0 heterocycles. The van der Waals surface area contributed by atoms with E-state index in [1.165, 1.54) is 44.9 Å². The highest BCUT2D eigenvalue weighted by molar-refractivity contribution is 5.64. The van der Waals surface area contributed by atoms with E-state index in [2.05, 4.69) is 18.2 Å². The van der Waals surface area contributed by atoms with Gasteiger partial charge >= 0.3 is 0 Å². The summed E-state index contributed by atoms with van der Waals surface area (Å²) in [7, 11) is 1.67. The van der Waals surface area contributed by atoms with Crippen LogP contribution in [0.15, 0.2) is 72.8 Å². The molecular weight excluding hydrogens is 434 g/mol. The summed E-state index contributed by atoms with van der Waals surface area (Å²) in [4.78, 5) is 0. The Morgan fingerprint density at radius 3 is 1.31 bits per heavy atom. The second-order valence-electron chi connectivity index (χ2n) is 8.77. The molecular formula is C31H37NO3. The van der Waals surface area contributed by atoms with E-state index in [0.29, 0.717) is 5.56 Å². The Labute approximate surface area is 210 Å². The Kier molecular flexibility index (Phi) is 11.5. The second kappa shape index (κ2) is 15.5. The first kappa shape index (κ1) is 26.2. The minimum absolute atomic E-state index is 0.681. The Hall–Kier alpha value is -3.45. The molecule has 0 radical (unpaired) electrons. The van der Waals surface area contributed by atoms with Crippen LogP contribution in [0.5, 0.6) is 17.2 Å². The monoisotopic (exact) mass is 471 g/mol. The third kappa shape index (κ3) is 9.74. The lowest BCUT2D eigenvalue weighted by molar-refractivity contribution is 0.302. The number of nitrogens with zero attached hydrogens (tertiary/aromatic N) is 1. The molecule has 0 atom stereocenters. The van der Waals surface area contributed by atoms with Crippen LogP contribution in [-0.2, 0) is 0 Å². The topological polar surface area (TPSA) is 51.5 Å². The third-order valence-corrected chi connectivity index (χ3v) is 6.09. The Balaban J connectivity index is 1.14. The second-order valence-corrected chi connectivity index (χ2v) is 8.77. The van der Waals surface area contributed by atoms with Gasteiger partial charge in [0, 0.05) is 0 Å². The summed E-state index contributed by atoms with van der Waals surface area (Å²) in [5, 5.41) is 8.91. The van der Waals surface area contributed by atoms with Crippen molar-refractivity contribution in [1.82, 2.24) is 0 Å². The highest BCUT2D eigenvalue weighted by atomic mass is 16.5. The minimum Gasteiger partial charge on any atom is -0.497 e. The van der Waals surface area contributed by atoms with E-state index in [-0.39, 0.29) is 0 Å². The van der Waals surface area contributed by atoms with E-state index in [1.807, 2.05) is 60.7 Å². The van der Waals surface area contributed by atoms with Gasteiger partial charge in [-0.05, 0) is 72.5 Å². The zero-order chi connectivity index (χ0) is 24.6. The van der Waals surface area contributed by atoms with Gasteiger partial charge in [0.1, 0.15) is 17.2 Å². The molecule has 0 aromatic heterocycles. The number of hydrogen-bond donors (Lipinski definition) is 0. The number of benzene rings is 3. The molecule has 3 aromatic carbocycles. The van der Waals surface area contributed by atoms with E-state index in [9.17, 15) is 0 Å². The zero-order valence-corrected chi connectivity index (χ0v) is 20.9. The molecule has 3 rings (SSSR count). The molecule has 0 bridgehead atoms. The molecule has 0 saturated carbocycles. The lowest BCUT2D eigenvalue weighted by Gasteiger charge is -2.08. The van der Waals surface area contributed by atoms with Crippen LogP contribution in [0, 0.1) is 11.3 Å². The minimum atomic E-state index is 0.681. The lowest BCUT2D eigenvalue weighted by atomic mass is 10.0. The predicted octanol–water partition coefficient (Wildman–Crippen LogP) is 8.20. The molecule has 0 aliphatic heterocycles. The molecule has 184 valence electrons. The molecule has 4 nitrogen and oxygen atoms in total. The number of rotatable bonds is 16.